The maximum Gasteiger partial charge on any atom is 0.140 e. The van der Waals surface area contributed by atoms with Crippen LogP contribution in [0.3, 0.4) is 0 Å². The zero-order valence-electron chi connectivity index (χ0n) is 12.5. The van der Waals surface area contributed by atoms with Crippen LogP contribution in [0.4, 0.5) is 5.69 Å². The van der Waals surface area contributed by atoms with E-state index in [0.29, 0.717) is 6.61 Å². The molecule has 0 aliphatic rings. The lowest BCUT2D eigenvalue weighted by atomic mass is 10.1. The van der Waals surface area contributed by atoms with Crippen molar-refractivity contribution in [2.75, 3.05) is 11.9 Å². The lowest BCUT2D eigenvalue weighted by molar-refractivity contribution is 0.317. The minimum absolute atomic E-state index is 0.392. The number of nitriles is 1. The van der Waals surface area contributed by atoms with Crippen molar-refractivity contribution in [3.05, 3.63) is 59.7 Å². The first kappa shape index (κ1) is 14.9. The number of ether oxygens (including phenoxy) is 1. The molecule has 0 saturated heterocycles. The minimum atomic E-state index is -0.392. The second-order valence-electron chi connectivity index (χ2n) is 5.00. The molecule has 21 heavy (non-hydrogen) atoms. The van der Waals surface area contributed by atoms with Crippen LogP contribution in [0.25, 0.3) is 0 Å². The van der Waals surface area contributed by atoms with E-state index in [-0.39, 0.29) is 0 Å². The number of rotatable bonds is 6. The topological polar surface area (TPSA) is 45.0 Å². The predicted octanol–water partition coefficient (Wildman–Crippen LogP) is 4.46. The number of benzene rings is 2. The molecule has 0 aromatic heterocycles. The second kappa shape index (κ2) is 7.35. The summed E-state index contributed by atoms with van der Waals surface area (Å²) >= 11 is 0. The fourth-order valence-corrected chi connectivity index (χ4v) is 2.10. The van der Waals surface area contributed by atoms with Crippen molar-refractivity contribution in [3.63, 3.8) is 0 Å². The summed E-state index contributed by atoms with van der Waals surface area (Å²) in [5, 5.41) is 12.7. The molecule has 0 amide bonds. The Bertz CT molecular complexity index is 631. The summed E-state index contributed by atoms with van der Waals surface area (Å²) in [7, 11) is 0. The SMILES string of the molecule is CCCOc1cccc(C(C#N)Nc2cccc(C)c2)c1. The van der Waals surface area contributed by atoms with Gasteiger partial charge in [-0.05, 0) is 48.7 Å². The molecule has 0 fully saturated rings. The van der Waals surface area contributed by atoms with Crippen LogP contribution < -0.4 is 10.1 Å². The molecule has 2 aromatic carbocycles. The number of hydrogen-bond acceptors (Lipinski definition) is 3. The Kier molecular flexibility index (Phi) is 5.22. The monoisotopic (exact) mass is 280 g/mol. The Morgan fingerprint density at radius 3 is 2.71 bits per heavy atom. The summed E-state index contributed by atoms with van der Waals surface area (Å²) in [6, 6.07) is 17.6. The van der Waals surface area contributed by atoms with Crippen LogP contribution in [0.5, 0.6) is 5.75 Å². The van der Waals surface area contributed by atoms with E-state index in [0.717, 1.165) is 29.0 Å². The van der Waals surface area contributed by atoms with E-state index in [2.05, 4.69) is 18.3 Å². The molecule has 1 unspecified atom stereocenters. The van der Waals surface area contributed by atoms with E-state index in [1.165, 1.54) is 0 Å². The molecule has 1 atom stereocenters. The van der Waals surface area contributed by atoms with Gasteiger partial charge < -0.3 is 10.1 Å². The number of nitrogens with zero attached hydrogens (tertiary/aromatic N) is 1. The number of anilines is 1. The van der Waals surface area contributed by atoms with Crippen molar-refractivity contribution in [1.82, 2.24) is 0 Å². The van der Waals surface area contributed by atoms with Gasteiger partial charge in [0.1, 0.15) is 11.8 Å². The predicted molar refractivity (Wildman–Crippen MR) is 85.4 cm³/mol. The van der Waals surface area contributed by atoms with Crippen LogP contribution in [-0.4, -0.2) is 6.61 Å². The zero-order valence-corrected chi connectivity index (χ0v) is 12.5. The van der Waals surface area contributed by atoms with Gasteiger partial charge >= 0.3 is 0 Å². The lowest BCUT2D eigenvalue weighted by Crippen LogP contribution is -2.09. The van der Waals surface area contributed by atoms with Crippen LogP contribution in [0.15, 0.2) is 48.5 Å². The van der Waals surface area contributed by atoms with E-state index in [1.54, 1.807) is 0 Å². The van der Waals surface area contributed by atoms with Gasteiger partial charge in [0.25, 0.3) is 0 Å². The minimum Gasteiger partial charge on any atom is -0.494 e. The molecule has 2 aromatic rings. The van der Waals surface area contributed by atoms with Gasteiger partial charge in [0.05, 0.1) is 12.7 Å². The molecule has 2 rings (SSSR count). The summed E-state index contributed by atoms with van der Waals surface area (Å²) in [5.41, 5.74) is 3.02. The van der Waals surface area contributed by atoms with Crippen molar-refractivity contribution in [1.29, 1.82) is 5.26 Å². The fraction of sp³-hybridized carbons (Fsp3) is 0.278. The standard InChI is InChI=1S/C18H20N2O/c1-3-10-21-17-9-5-7-15(12-17)18(13-19)20-16-8-4-6-14(2)11-16/h4-9,11-12,18,20H,3,10H2,1-2H3. The van der Waals surface area contributed by atoms with Gasteiger partial charge in [-0.25, -0.2) is 0 Å². The molecule has 3 heteroatoms. The Morgan fingerprint density at radius 1 is 1.19 bits per heavy atom. The maximum atomic E-state index is 9.42. The average molecular weight is 280 g/mol. The normalized spacial score (nSPS) is 11.5. The van der Waals surface area contributed by atoms with E-state index in [9.17, 15) is 5.26 Å². The van der Waals surface area contributed by atoms with E-state index in [1.807, 2.05) is 55.5 Å². The average Bonchev–Trinajstić information content (AvgIpc) is 2.51. The third-order valence-corrected chi connectivity index (χ3v) is 3.12. The number of hydrogen-bond donors (Lipinski definition) is 1. The van der Waals surface area contributed by atoms with Crippen molar-refractivity contribution in [2.24, 2.45) is 0 Å². The highest BCUT2D eigenvalue weighted by molar-refractivity contribution is 5.49. The molecule has 108 valence electrons. The fourth-order valence-electron chi connectivity index (χ4n) is 2.10. The molecule has 3 nitrogen and oxygen atoms in total. The second-order valence-corrected chi connectivity index (χ2v) is 5.00. The molecule has 0 bridgehead atoms. The quantitative estimate of drug-likeness (QED) is 0.849. The highest BCUT2D eigenvalue weighted by Crippen LogP contribution is 2.23. The molecule has 0 saturated carbocycles. The largest absolute Gasteiger partial charge is 0.494 e. The van der Waals surface area contributed by atoms with Gasteiger partial charge in [-0.3, -0.25) is 0 Å². The first-order valence-electron chi connectivity index (χ1n) is 7.18. The van der Waals surface area contributed by atoms with Crippen molar-refractivity contribution >= 4 is 5.69 Å². The Morgan fingerprint density at radius 2 is 2.00 bits per heavy atom. The highest BCUT2D eigenvalue weighted by atomic mass is 16.5. The van der Waals surface area contributed by atoms with Gasteiger partial charge in [-0.15, -0.1) is 0 Å². The van der Waals surface area contributed by atoms with Crippen LogP contribution in [0.1, 0.15) is 30.5 Å². The molecule has 1 N–H and O–H groups in total. The van der Waals surface area contributed by atoms with Crippen LogP contribution in [0, 0.1) is 18.3 Å². The van der Waals surface area contributed by atoms with Crippen LogP contribution in [-0.2, 0) is 0 Å². The van der Waals surface area contributed by atoms with Crippen LogP contribution in [0.2, 0.25) is 0 Å². The van der Waals surface area contributed by atoms with Crippen molar-refractivity contribution in [3.8, 4) is 11.8 Å². The van der Waals surface area contributed by atoms with Crippen molar-refractivity contribution in [2.45, 2.75) is 26.3 Å². The molecular formula is C18H20N2O. The summed E-state index contributed by atoms with van der Waals surface area (Å²) in [5.74, 6) is 0.806. The van der Waals surface area contributed by atoms with Crippen LogP contribution >= 0.6 is 0 Å². The number of nitrogens with one attached hydrogen (secondary N) is 1. The molecule has 0 radical (unpaired) electrons. The molecule has 0 heterocycles. The summed E-state index contributed by atoms with van der Waals surface area (Å²) in [4.78, 5) is 0. The van der Waals surface area contributed by atoms with Crippen molar-refractivity contribution < 1.29 is 4.74 Å². The third-order valence-electron chi connectivity index (χ3n) is 3.12. The lowest BCUT2D eigenvalue weighted by Gasteiger charge is -2.15. The Hall–Kier alpha value is -2.47. The van der Waals surface area contributed by atoms with E-state index >= 15 is 0 Å². The van der Waals surface area contributed by atoms with Gasteiger partial charge in [0.15, 0.2) is 0 Å². The highest BCUT2D eigenvalue weighted by Gasteiger charge is 2.11. The van der Waals surface area contributed by atoms with Gasteiger partial charge in [-0.2, -0.15) is 5.26 Å². The zero-order chi connectivity index (χ0) is 15.1. The van der Waals surface area contributed by atoms with Gasteiger partial charge in [-0.1, -0.05) is 31.2 Å². The molecule has 0 spiro atoms. The molecule has 0 aliphatic heterocycles. The number of aryl methyl sites for hydroxylation is 1. The molecular weight excluding hydrogens is 260 g/mol. The van der Waals surface area contributed by atoms with Gasteiger partial charge in [0.2, 0.25) is 0 Å². The van der Waals surface area contributed by atoms with E-state index in [4.69, 9.17) is 4.74 Å². The smallest absolute Gasteiger partial charge is 0.140 e. The maximum absolute atomic E-state index is 9.42. The molecule has 0 aliphatic carbocycles. The Balaban J connectivity index is 2.16. The first-order valence-corrected chi connectivity index (χ1v) is 7.18. The summed E-state index contributed by atoms with van der Waals surface area (Å²) in [6.07, 6.45) is 0.966. The van der Waals surface area contributed by atoms with Gasteiger partial charge in [0, 0.05) is 5.69 Å². The summed E-state index contributed by atoms with van der Waals surface area (Å²) in [6.45, 7) is 4.79. The van der Waals surface area contributed by atoms with E-state index < -0.39 is 6.04 Å². The Labute approximate surface area is 126 Å². The third kappa shape index (κ3) is 4.25. The first-order chi connectivity index (χ1) is 10.2. The summed E-state index contributed by atoms with van der Waals surface area (Å²) < 4.78 is 5.62.